The average Bonchev–Trinajstić information content (AvgIpc) is 2.62. The highest BCUT2D eigenvalue weighted by molar-refractivity contribution is 6.29. The van der Waals surface area contributed by atoms with Crippen molar-refractivity contribution in [3.8, 4) is 0 Å². The molecule has 1 atom stereocenters. The van der Waals surface area contributed by atoms with Crippen molar-refractivity contribution >= 4 is 17.4 Å². The van der Waals surface area contributed by atoms with Crippen molar-refractivity contribution in [1.29, 1.82) is 0 Å². The highest BCUT2D eigenvalue weighted by Gasteiger charge is 2.13. The van der Waals surface area contributed by atoms with Gasteiger partial charge >= 0.3 is 0 Å². The van der Waals surface area contributed by atoms with Crippen LogP contribution in [0.25, 0.3) is 0 Å². The third kappa shape index (κ3) is 2.29. The minimum absolute atomic E-state index is 0.426. The van der Waals surface area contributed by atoms with Crippen LogP contribution >= 0.6 is 11.6 Å². The third-order valence-corrected chi connectivity index (χ3v) is 2.23. The Labute approximate surface area is 81.7 Å². The molecule has 0 saturated carbocycles. The fourth-order valence-corrected chi connectivity index (χ4v) is 1.47. The van der Waals surface area contributed by atoms with Crippen LogP contribution in [0, 0.1) is 0 Å². The van der Waals surface area contributed by atoms with Crippen molar-refractivity contribution in [3.05, 3.63) is 17.5 Å². The Morgan fingerprint density at radius 3 is 3.00 bits per heavy atom. The van der Waals surface area contributed by atoms with Gasteiger partial charge in [0.2, 0.25) is 0 Å². The van der Waals surface area contributed by atoms with E-state index in [0.29, 0.717) is 11.2 Å². The lowest BCUT2D eigenvalue weighted by Crippen LogP contribution is -2.22. The molecule has 70 valence electrons. The monoisotopic (exact) mass is 198 g/mol. The summed E-state index contributed by atoms with van der Waals surface area (Å²) in [7, 11) is 0. The first-order valence-electron chi connectivity index (χ1n) is 4.29. The second-order valence-electron chi connectivity index (χ2n) is 3.06. The second-order valence-corrected chi connectivity index (χ2v) is 3.45. The Morgan fingerprint density at radius 1 is 1.46 bits per heavy atom. The van der Waals surface area contributed by atoms with Gasteiger partial charge in [-0.1, -0.05) is 11.6 Å². The van der Waals surface area contributed by atoms with Crippen LogP contribution in [0.5, 0.6) is 0 Å². The number of halogens is 1. The van der Waals surface area contributed by atoms with E-state index in [2.05, 4.69) is 20.6 Å². The summed E-state index contributed by atoms with van der Waals surface area (Å²) >= 11 is 5.61. The minimum Gasteiger partial charge on any atom is -0.365 e. The first-order valence-corrected chi connectivity index (χ1v) is 4.67. The molecule has 0 aromatic carbocycles. The number of nitrogens with one attached hydrogen (secondary N) is 2. The molecule has 1 saturated heterocycles. The van der Waals surface area contributed by atoms with Gasteiger partial charge in [-0.3, -0.25) is 0 Å². The molecule has 0 bridgehead atoms. The Morgan fingerprint density at radius 2 is 2.38 bits per heavy atom. The van der Waals surface area contributed by atoms with E-state index in [1.54, 1.807) is 12.4 Å². The Bertz CT molecular complexity index is 268. The Kier molecular flexibility index (Phi) is 2.61. The van der Waals surface area contributed by atoms with Gasteiger partial charge in [-0.05, 0) is 13.0 Å². The molecule has 1 aromatic rings. The van der Waals surface area contributed by atoms with Gasteiger partial charge in [0, 0.05) is 12.6 Å². The van der Waals surface area contributed by atoms with Crippen LogP contribution in [0.2, 0.25) is 5.15 Å². The average molecular weight is 199 g/mol. The van der Waals surface area contributed by atoms with Gasteiger partial charge in [0.1, 0.15) is 11.0 Å². The topological polar surface area (TPSA) is 49.8 Å². The number of hydrogen-bond acceptors (Lipinski definition) is 4. The fourth-order valence-electron chi connectivity index (χ4n) is 1.37. The van der Waals surface area contributed by atoms with E-state index in [1.807, 2.05) is 0 Å². The summed E-state index contributed by atoms with van der Waals surface area (Å²) in [6.07, 6.45) is 4.33. The molecule has 0 aliphatic carbocycles. The zero-order chi connectivity index (χ0) is 9.10. The van der Waals surface area contributed by atoms with Gasteiger partial charge in [-0.2, -0.15) is 0 Å². The zero-order valence-corrected chi connectivity index (χ0v) is 7.88. The molecule has 2 heterocycles. The lowest BCUT2D eigenvalue weighted by molar-refractivity contribution is 0.786. The molecule has 5 heteroatoms. The maximum atomic E-state index is 5.61. The first kappa shape index (κ1) is 8.72. The van der Waals surface area contributed by atoms with Crippen molar-refractivity contribution < 1.29 is 0 Å². The molecular weight excluding hydrogens is 188 g/mol. The SMILES string of the molecule is Clc1cnc(NC2CCNC2)cn1. The molecule has 1 unspecified atom stereocenters. The van der Waals surface area contributed by atoms with Crippen LogP contribution in [-0.2, 0) is 0 Å². The maximum Gasteiger partial charge on any atom is 0.147 e. The van der Waals surface area contributed by atoms with E-state index in [9.17, 15) is 0 Å². The van der Waals surface area contributed by atoms with E-state index in [-0.39, 0.29) is 0 Å². The number of anilines is 1. The lowest BCUT2D eigenvalue weighted by Gasteiger charge is -2.10. The second kappa shape index (κ2) is 3.89. The first-order chi connectivity index (χ1) is 6.34. The summed E-state index contributed by atoms with van der Waals surface area (Å²) in [4.78, 5) is 8.05. The molecular formula is C8H11ClN4. The van der Waals surface area contributed by atoms with Crippen LogP contribution < -0.4 is 10.6 Å². The number of hydrogen-bond donors (Lipinski definition) is 2. The normalized spacial score (nSPS) is 21.8. The van der Waals surface area contributed by atoms with E-state index >= 15 is 0 Å². The number of nitrogens with zero attached hydrogens (tertiary/aromatic N) is 2. The highest BCUT2D eigenvalue weighted by atomic mass is 35.5. The van der Waals surface area contributed by atoms with Crippen molar-refractivity contribution in [2.75, 3.05) is 18.4 Å². The summed E-state index contributed by atoms with van der Waals surface area (Å²) in [6, 6.07) is 0.468. The quantitative estimate of drug-likeness (QED) is 0.742. The van der Waals surface area contributed by atoms with Gasteiger partial charge in [0.15, 0.2) is 0 Å². The van der Waals surface area contributed by atoms with Crippen molar-refractivity contribution in [2.24, 2.45) is 0 Å². The maximum absolute atomic E-state index is 5.61. The minimum atomic E-state index is 0.426. The molecule has 0 radical (unpaired) electrons. The number of aromatic nitrogens is 2. The van der Waals surface area contributed by atoms with E-state index in [4.69, 9.17) is 11.6 Å². The van der Waals surface area contributed by atoms with E-state index < -0.39 is 0 Å². The van der Waals surface area contributed by atoms with E-state index in [0.717, 1.165) is 25.3 Å². The van der Waals surface area contributed by atoms with Gasteiger partial charge < -0.3 is 10.6 Å². The largest absolute Gasteiger partial charge is 0.365 e. The number of rotatable bonds is 2. The van der Waals surface area contributed by atoms with Gasteiger partial charge in [-0.15, -0.1) is 0 Å². The molecule has 13 heavy (non-hydrogen) atoms. The Hall–Kier alpha value is -0.870. The molecule has 0 amide bonds. The summed E-state index contributed by atoms with van der Waals surface area (Å²) in [5, 5.41) is 6.97. The highest BCUT2D eigenvalue weighted by Crippen LogP contribution is 2.09. The molecule has 4 nitrogen and oxygen atoms in total. The van der Waals surface area contributed by atoms with Gasteiger partial charge in [0.05, 0.1) is 12.4 Å². The standard InChI is InChI=1S/C8H11ClN4/c9-7-4-12-8(5-11-7)13-6-1-2-10-3-6/h4-6,10H,1-3H2,(H,12,13). The summed E-state index contributed by atoms with van der Waals surface area (Å²) in [5.41, 5.74) is 0. The molecule has 1 aliphatic rings. The van der Waals surface area contributed by atoms with Crippen LogP contribution in [0.1, 0.15) is 6.42 Å². The molecule has 2 rings (SSSR count). The fraction of sp³-hybridized carbons (Fsp3) is 0.500. The molecule has 1 aliphatic heterocycles. The van der Waals surface area contributed by atoms with Crippen molar-refractivity contribution in [3.63, 3.8) is 0 Å². The third-order valence-electron chi connectivity index (χ3n) is 2.03. The van der Waals surface area contributed by atoms with Crippen molar-refractivity contribution in [1.82, 2.24) is 15.3 Å². The molecule has 1 fully saturated rings. The zero-order valence-electron chi connectivity index (χ0n) is 7.13. The van der Waals surface area contributed by atoms with Crippen LogP contribution in [0.4, 0.5) is 5.82 Å². The molecule has 0 spiro atoms. The molecule has 1 aromatic heterocycles. The summed E-state index contributed by atoms with van der Waals surface area (Å²) < 4.78 is 0. The van der Waals surface area contributed by atoms with Gasteiger partial charge in [0.25, 0.3) is 0 Å². The predicted molar refractivity (Wildman–Crippen MR) is 51.9 cm³/mol. The molecule has 2 N–H and O–H groups in total. The lowest BCUT2D eigenvalue weighted by atomic mass is 10.3. The smallest absolute Gasteiger partial charge is 0.147 e. The van der Waals surface area contributed by atoms with E-state index in [1.165, 1.54) is 0 Å². The Balaban J connectivity index is 1.97. The van der Waals surface area contributed by atoms with Crippen LogP contribution in [0.3, 0.4) is 0 Å². The van der Waals surface area contributed by atoms with Gasteiger partial charge in [-0.25, -0.2) is 9.97 Å². The van der Waals surface area contributed by atoms with Crippen LogP contribution in [-0.4, -0.2) is 29.1 Å². The summed E-state index contributed by atoms with van der Waals surface area (Å²) in [5.74, 6) is 0.790. The van der Waals surface area contributed by atoms with Crippen molar-refractivity contribution in [2.45, 2.75) is 12.5 Å². The van der Waals surface area contributed by atoms with Crippen LogP contribution in [0.15, 0.2) is 12.4 Å². The summed E-state index contributed by atoms with van der Waals surface area (Å²) in [6.45, 7) is 2.06. The predicted octanol–water partition coefficient (Wildman–Crippen LogP) is 0.904.